The SMILES string of the molecule is COc1ccc(C(=O)N[C@H](C)c2ccc(F)cc2)cc1Cl. The van der Waals surface area contributed by atoms with E-state index in [1.807, 2.05) is 6.92 Å². The summed E-state index contributed by atoms with van der Waals surface area (Å²) in [7, 11) is 1.51. The molecule has 21 heavy (non-hydrogen) atoms. The zero-order valence-electron chi connectivity index (χ0n) is 11.7. The van der Waals surface area contributed by atoms with E-state index in [4.69, 9.17) is 16.3 Å². The molecule has 0 fully saturated rings. The van der Waals surface area contributed by atoms with Crippen molar-refractivity contribution in [3.8, 4) is 5.75 Å². The van der Waals surface area contributed by atoms with Crippen LogP contribution in [0, 0.1) is 5.82 Å². The van der Waals surface area contributed by atoms with Gasteiger partial charge >= 0.3 is 0 Å². The Hall–Kier alpha value is -2.07. The highest BCUT2D eigenvalue weighted by atomic mass is 35.5. The Kier molecular flexibility index (Phi) is 4.81. The number of hydrogen-bond donors (Lipinski definition) is 1. The van der Waals surface area contributed by atoms with E-state index in [1.54, 1.807) is 30.3 Å². The minimum absolute atomic E-state index is 0.237. The lowest BCUT2D eigenvalue weighted by molar-refractivity contribution is 0.0940. The van der Waals surface area contributed by atoms with Gasteiger partial charge in [0.15, 0.2) is 0 Å². The van der Waals surface area contributed by atoms with Crippen LogP contribution < -0.4 is 10.1 Å². The van der Waals surface area contributed by atoms with Crippen molar-refractivity contribution in [3.63, 3.8) is 0 Å². The van der Waals surface area contributed by atoms with Gasteiger partial charge in [-0.15, -0.1) is 0 Å². The van der Waals surface area contributed by atoms with Crippen molar-refractivity contribution in [3.05, 3.63) is 64.4 Å². The highest BCUT2D eigenvalue weighted by Crippen LogP contribution is 2.25. The van der Waals surface area contributed by atoms with Gasteiger partial charge in [-0.25, -0.2) is 4.39 Å². The van der Waals surface area contributed by atoms with E-state index in [1.165, 1.54) is 19.2 Å². The van der Waals surface area contributed by atoms with Crippen LogP contribution in [0.2, 0.25) is 5.02 Å². The largest absolute Gasteiger partial charge is 0.495 e. The van der Waals surface area contributed by atoms with Gasteiger partial charge in [-0.1, -0.05) is 23.7 Å². The number of hydrogen-bond acceptors (Lipinski definition) is 2. The molecule has 0 unspecified atom stereocenters. The summed E-state index contributed by atoms with van der Waals surface area (Å²) >= 11 is 6.00. The van der Waals surface area contributed by atoms with Crippen molar-refractivity contribution >= 4 is 17.5 Å². The van der Waals surface area contributed by atoms with Crippen molar-refractivity contribution in [2.45, 2.75) is 13.0 Å². The number of methoxy groups -OCH3 is 1. The van der Waals surface area contributed by atoms with Gasteiger partial charge in [0.1, 0.15) is 11.6 Å². The van der Waals surface area contributed by atoms with Crippen LogP contribution in [0.5, 0.6) is 5.75 Å². The molecule has 0 aliphatic carbocycles. The monoisotopic (exact) mass is 307 g/mol. The molecule has 110 valence electrons. The highest BCUT2D eigenvalue weighted by Gasteiger charge is 2.13. The maximum absolute atomic E-state index is 12.9. The molecular formula is C16H15ClFNO2. The van der Waals surface area contributed by atoms with E-state index >= 15 is 0 Å². The molecule has 0 heterocycles. The van der Waals surface area contributed by atoms with Crippen LogP contribution in [0.15, 0.2) is 42.5 Å². The zero-order chi connectivity index (χ0) is 15.4. The van der Waals surface area contributed by atoms with Crippen LogP contribution in [-0.4, -0.2) is 13.0 Å². The molecule has 0 spiro atoms. The predicted molar refractivity (Wildman–Crippen MR) is 80.3 cm³/mol. The quantitative estimate of drug-likeness (QED) is 0.928. The highest BCUT2D eigenvalue weighted by molar-refractivity contribution is 6.32. The van der Waals surface area contributed by atoms with Crippen molar-refractivity contribution < 1.29 is 13.9 Å². The summed E-state index contributed by atoms with van der Waals surface area (Å²) < 4.78 is 17.9. The van der Waals surface area contributed by atoms with E-state index in [9.17, 15) is 9.18 Å². The molecule has 2 aromatic rings. The molecule has 0 aliphatic heterocycles. The average Bonchev–Trinajstić information content (AvgIpc) is 2.47. The van der Waals surface area contributed by atoms with Crippen LogP contribution in [0.1, 0.15) is 28.9 Å². The zero-order valence-corrected chi connectivity index (χ0v) is 12.4. The summed E-state index contributed by atoms with van der Waals surface area (Å²) in [5, 5.41) is 3.21. The number of halogens is 2. The van der Waals surface area contributed by atoms with Crippen LogP contribution in [-0.2, 0) is 0 Å². The summed E-state index contributed by atoms with van der Waals surface area (Å²) in [6.07, 6.45) is 0. The van der Waals surface area contributed by atoms with Crippen LogP contribution in [0.4, 0.5) is 4.39 Å². The molecule has 2 aromatic carbocycles. The summed E-state index contributed by atoms with van der Waals surface area (Å²) in [5.74, 6) is -0.0459. The van der Waals surface area contributed by atoms with Crippen LogP contribution in [0.3, 0.4) is 0 Å². The predicted octanol–water partition coefficient (Wildman–Crippen LogP) is 3.98. The first-order chi connectivity index (χ1) is 10.0. The third-order valence-corrected chi connectivity index (χ3v) is 3.43. The molecule has 0 radical (unpaired) electrons. The summed E-state index contributed by atoms with van der Waals surface area (Å²) in [5.41, 5.74) is 1.26. The fraction of sp³-hybridized carbons (Fsp3) is 0.188. The molecule has 0 saturated heterocycles. The molecule has 1 N–H and O–H groups in total. The van der Waals surface area contributed by atoms with E-state index in [0.717, 1.165) is 5.56 Å². The molecule has 1 atom stereocenters. The lowest BCUT2D eigenvalue weighted by Gasteiger charge is -2.15. The Labute approximate surface area is 127 Å². The minimum Gasteiger partial charge on any atom is -0.495 e. The Bertz CT molecular complexity index is 643. The van der Waals surface area contributed by atoms with Gasteiger partial charge in [0.25, 0.3) is 5.91 Å². The number of rotatable bonds is 4. The van der Waals surface area contributed by atoms with E-state index in [2.05, 4.69) is 5.32 Å². The lowest BCUT2D eigenvalue weighted by atomic mass is 10.1. The Morgan fingerprint density at radius 1 is 1.24 bits per heavy atom. The van der Waals surface area contributed by atoms with Gasteiger partial charge in [0, 0.05) is 5.56 Å². The standard InChI is InChI=1S/C16H15ClFNO2/c1-10(11-3-6-13(18)7-4-11)19-16(20)12-5-8-15(21-2)14(17)9-12/h3-10H,1-2H3,(H,19,20)/t10-/m1/s1. The van der Waals surface area contributed by atoms with Crippen LogP contribution >= 0.6 is 11.6 Å². The number of carbonyl (C=O) groups is 1. The molecule has 0 bridgehead atoms. The van der Waals surface area contributed by atoms with Gasteiger partial charge in [0.2, 0.25) is 0 Å². The van der Waals surface area contributed by atoms with E-state index in [-0.39, 0.29) is 17.8 Å². The second-order valence-corrected chi connectivity index (χ2v) is 5.00. The van der Waals surface area contributed by atoms with Gasteiger partial charge in [-0.3, -0.25) is 4.79 Å². The second kappa shape index (κ2) is 6.59. The fourth-order valence-electron chi connectivity index (χ4n) is 1.92. The molecule has 2 rings (SSSR count). The smallest absolute Gasteiger partial charge is 0.251 e. The summed E-state index contributed by atoms with van der Waals surface area (Å²) in [4.78, 5) is 12.2. The molecule has 3 nitrogen and oxygen atoms in total. The number of benzene rings is 2. The number of nitrogens with one attached hydrogen (secondary N) is 1. The average molecular weight is 308 g/mol. The summed E-state index contributed by atoms with van der Waals surface area (Å²) in [6, 6.07) is 10.6. The Morgan fingerprint density at radius 3 is 2.48 bits per heavy atom. The normalized spacial score (nSPS) is 11.8. The summed E-state index contributed by atoms with van der Waals surface area (Å²) in [6.45, 7) is 1.83. The minimum atomic E-state index is -0.306. The molecule has 5 heteroatoms. The number of carbonyl (C=O) groups excluding carboxylic acids is 1. The first-order valence-corrected chi connectivity index (χ1v) is 6.79. The van der Waals surface area contributed by atoms with Gasteiger partial charge in [-0.05, 0) is 42.8 Å². The second-order valence-electron chi connectivity index (χ2n) is 4.60. The molecular weight excluding hydrogens is 293 g/mol. The molecule has 0 aromatic heterocycles. The number of ether oxygens (including phenoxy) is 1. The maximum Gasteiger partial charge on any atom is 0.251 e. The van der Waals surface area contributed by atoms with Crippen molar-refractivity contribution in [2.24, 2.45) is 0 Å². The number of amides is 1. The fourth-order valence-corrected chi connectivity index (χ4v) is 2.18. The van der Waals surface area contributed by atoms with Crippen LogP contribution in [0.25, 0.3) is 0 Å². The van der Waals surface area contributed by atoms with Crippen molar-refractivity contribution in [1.82, 2.24) is 5.32 Å². The first kappa shape index (κ1) is 15.3. The topological polar surface area (TPSA) is 38.3 Å². The Balaban J connectivity index is 2.10. The molecule has 0 saturated carbocycles. The van der Waals surface area contributed by atoms with Gasteiger partial charge < -0.3 is 10.1 Å². The lowest BCUT2D eigenvalue weighted by Crippen LogP contribution is -2.26. The third-order valence-electron chi connectivity index (χ3n) is 3.13. The van der Waals surface area contributed by atoms with Gasteiger partial charge in [0.05, 0.1) is 18.2 Å². The van der Waals surface area contributed by atoms with E-state index < -0.39 is 0 Å². The maximum atomic E-state index is 12.9. The van der Waals surface area contributed by atoms with E-state index in [0.29, 0.717) is 16.3 Å². The molecule has 0 aliphatic rings. The van der Waals surface area contributed by atoms with Crippen molar-refractivity contribution in [1.29, 1.82) is 0 Å². The third kappa shape index (κ3) is 3.73. The first-order valence-electron chi connectivity index (χ1n) is 6.41. The molecule has 1 amide bonds. The van der Waals surface area contributed by atoms with Crippen molar-refractivity contribution in [2.75, 3.05) is 7.11 Å². The Morgan fingerprint density at radius 2 is 1.90 bits per heavy atom. The van der Waals surface area contributed by atoms with Gasteiger partial charge in [-0.2, -0.15) is 0 Å².